The molecule has 1 aromatic carbocycles. The molecule has 2 aromatic heterocycles. The van der Waals surface area contributed by atoms with Crippen LogP contribution >= 0.6 is 0 Å². The lowest BCUT2D eigenvalue weighted by Crippen LogP contribution is -2.50. The van der Waals surface area contributed by atoms with E-state index in [0.717, 1.165) is 4.90 Å². The second-order valence-corrected chi connectivity index (χ2v) is 6.04. The molecular formula is C18H14F2N2O4. The van der Waals surface area contributed by atoms with Gasteiger partial charge in [0.05, 0.1) is 24.6 Å². The molecule has 1 unspecified atom stereocenters. The molecule has 0 radical (unpaired) electrons. The molecule has 1 aliphatic heterocycles. The number of halogens is 2. The number of hydrogen-bond donors (Lipinski definition) is 1. The van der Waals surface area contributed by atoms with Gasteiger partial charge in [0.1, 0.15) is 0 Å². The minimum Gasteiger partial charge on any atom is -0.446 e. The number of alkyl halides is 2. The molecule has 0 spiro atoms. The molecule has 26 heavy (non-hydrogen) atoms. The summed E-state index contributed by atoms with van der Waals surface area (Å²) in [7, 11) is 0. The Kier molecular flexibility index (Phi) is 3.66. The highest BCUT2D eigenvalue weighted by atomic mass is 19.3. The number of fused-ring (bicyclic) bond motifs is 2. The van der Waals surface area contributed by atoms with E-state index in [2.05, 4.69) is 9.72 Å². The largest absolute Gasteiger partial charge is 0.483 e. The van der Waals surface area contributed by atoms with Gasteiger partial charge in [-0.05, 0) is 30.7 Å². The third kappa shape index (κ3) is 2.59. The Hall–Kier alpha value is -3.00. The molecule has 0 saturated carbocycles. The summed E-state index contributed by atoms with van der Waals surface area (Å²) in [6.07, 6.45) is -2.12. The number of furan rings is 1. The van der Waals surface area contributed by atoms with Crippen LogP contribution in [0.2, 0.25) is 0 Å². The average Bonchev–Trinajstić information content (AvgIpc) is 3.05. The molecular weight excluding hydrogens is 346 g/mol. The van der Waals surface area contributed by atoms with Crippen LogP contribution in [0.4, 0.5) is 14.5 Å². The number of aliphatic hydroxyl groups excluding tert-OH is 1. The Morgan fingerprint density at radius 1 is 1.35 bits per heavy atom. The van der Waals surface area contributed by atoms with Crippen LogP contribution in [0.3, 0.4) is 0 Å². The van der Waals surface area contributed by atoms with Crippen molar-refractivity contribution in [1.82, 2.24) is 4.98 Å². The number of nitrogens with zero attached hydrogens (tertiary/aromatic N) is 2. The van der Waals surface area contributed by atoms with Crippen LogP contribution in [0.1, 0.15) is 24.2 Å². The van der Waals surface area contributed by atoms with Crippen molar-refractivity contribution in [2.24, 2.45) is 0 Å². The molecule has 134 valence electrons. The molecule has 8 heteroatoms. The molecule has 1 N–H and O–H groups in total. The van der Waals surface area contributed by atoms with Crippen molar-refractivity contribution in [2.75, 3.05) is 4.90 Å². The second-order valence-electron chi connectivity index (χ2n) is 6.04. The zero-order valence-corrected chi connectivity index (χ0v) is 13.6. The Morgan fingerprint density at radius 3 is 2.92 bits per heavy atom. The van der Waals surface area contributed by atoms with Crippen molar-refractivity contribution in [3.63, 3.8) is 0 Å². The first kappa shape index (κ1) is 16.5. The van der Waals surface area contributed by atoms with Gasteiger partial charge in [-0.3, -0.25) is 9.69 Å². The molecule has 1 aliphatic rings. The van der Waals surface area contributed by atoms with E-state index in [4.69, 9.17) is 4.42 Å². The van der Waals surface area contributed by atoms with Gasteiger partial charge in [-0.25, -0.2) is 4.98 Å². The van der Waals surface area contributed by atoms with Gasteiger partial charge in [-0.1, -0.05) is 12.1 Å². The molecule has 6 nitrogen and oxygen atoms in total. The molecule has 0 bridgehead atoms. The molecule has 0 aliphatic carbocycles. The summed E-state index contributed by atoms with van der Waals surface area (Å²) in [5.41, 5.74) is 1.33. The van der Waals surface area contributed by atoms with E-state index in [-0.39, 0.29) is 23.5 Å². The number of para-hydroxylation sites is 1. The smallest absolute Gasteiger partial charge is 0.446 e. The third-order valence-corrected chi connectivity index (χ3v) is 4.19. The Balaban J connectivity index is 1.79. The van der Waals surface area contributed by atoms with Crippen LogP contribution in [0.25, 0.3) is 11.1 Å². The zero-order chi connectivity index (χ0) is 18.5. The van der Waals surface area contributed by atoms with Crippen molar-refractivity contribution in [2.45, 2.75) is 25.7 Å². The van der Waals surface area contributed by atoms with Crippen LogP contribution in [0, 0.1) is 0 Å². The summed E-state index contributed by atoms with van der Waals surface area (Å²) in [5, 5.41) is 10.5. The van der Waals surface area contributed by atoms with E-state index in [1.165, 1.54) is 31.5 Å². The number of aromatic nitrogens is 1. The van der Waals surface area contributed by atoms with E-state index < -0.39 is 18.1 Å². The van der Waals surface area contributed by atoms with Crippen molar-refractivity contribution in [3.8, 4) is 5.75 Å². The summed E-state index contributed by atoms with van der Waals surface area (Å²) in [4.78, 5) is 17.3. The summed E-state index contributed by atoms with van der Waals surface area (Å²) in [6, 6.07) is 7.96. The van der Waals surface area contributed by atoms with Gasteiger partial charge >= 0.3 is 12.0 Å². The SMILES string of the molecule is CC(O)c1cccc2c1OC(F)(F)C(=O)N2Cc1cnc2occc2c1. The number of hydrogen-bond acceptors (Lipinski definition) is 5. The lowest BCUT2D eigenvalue weighted by molar-refractivity contribution is -0.193. The molecule has 0 fully saturated rings. The maximum Gasteiger partial charge on any atom is 0.483 e. The van der Waals surface area contributed by atoms with E-state index in [1.807, 2.05) is 0 Å². The number of carbonyl (C=O) groups excluding carboxylic acids is 1. The normalized spacial score (nSPS) is 17.1. The van der Waals surface area contributed by atoms with Crippen molar-refractivity contribution >= 4 is 22.7 Å². The Labute approximate surface area is 146 Å². The third-order valence-electron chi connectivity index (χ3n) is 4.19. The summed E-state index contributed by atoms with van der Waals surface area (Å²) in [5.74, 6) is -1.68. The maximum absolute atomic E-state index is 14.2. The fraction of sp³-hybridized carbons (Fsp3) is 0.222. The second kappa shape index (κ2) is 5.77. The maximum atomic E-state index is 14.2. The highest BCUT2D eigenvalue weighted by Crippen LogP contribution is 2.44. The minimum atomic E-state index is -4.02. The Morgan fingerprint density at radius 2 is 2.15 bits per heavy atom. The fourth-order valence-electron chi connectivity index (χ4n) is 2.96. The van der Waals surface area contributed by atoms with Gasteiger partial charge in [-0.15, -0.1) is 0 Å². The molecule has 3 aromatic rings. The van der Waals surface area contributed by atoms with E-state index in [1.54, 1.807) is 18.2 Å². The number of carbonyl (C=O) groups is 1. The number of anilines is 1. The van der Waals surface area contributed by atoms with Gasteiger partial charge < -0.3 is 14.3 Å². The van der Waals surface area contributed by atoms with Crippen LogP contribution in [0.15, 0.2) is 47.2 Å². The average molecular weight is 360 g/mol. The number of amides is 1. The number of rotatable bonds is 3. The lowest BCUT2D eigenvalue weighted by Gasteiger charge is -2.34. The molecule has 1 amide bonds. The van der Waals surface area contributed by atoms with E-state index in [0.29, 0.717) is 16.7 Å². The van der Waals surface area contributed by atoms with Crippen LogP contribution < -0.4 is 9.64 Å². The quantitative estimate of drug-likeness (QED) is 0.775. The first-order chi connectivity index (χ1) is 12.4. The molecule has 1 atom stereocenters. The predicted octanol–water partition coefficient (Wildman–Crippen LogP) is 3.40. The van der Waals surface area contributed by atoms with Crippen LogP contribution in [-0.4, -0.2) is 22.1 Å². The van der Waals surface area contributed by atoms with Crippen LogP contribution in [0.5, 0.6) is 5.75 Å². The zero-order valence-electron chi connectivity index (χ0n) is 13.6. The van der Waals surface area contributed by atoms with Crippen LogP contribution in [-0.2, 0) is 11.3 Å². The van der Waals surface area contributed by atoms with E-state index in [9.17, 15) is 18.7 Å². The first-order valence-electron chi connectivity index (χ1n) is 7.89. The fourth-order valence-corrected chi connectivity index (χ4v) is 2.96. The van der Waals surface area contributed by atoms with Gasteiger partial charge in [0, 0.05) is 17.1 Å². The van der Waals surface area contributed by atoms with Gasteiger partial charge in [0.25, 0.3) is 0 Å². The van der Waals surface area contributed by atoms with Gasteiger partial charge in [0.15, 0.2) is 5.75 Å². The molecule has 0 saturated heterocycles. The molecule has 3 heterocycles. The Bertz CT molecular complexity index is 1000. The topological polar surface area (TPSA) is 75.8 Å². The summed E-state index contributed by atoms with van der Waals surface area (Å²) in [6.45, 7) is 1.32. The summed E-state index contributed by atoms with van der Waals surface area (Å²) < 4.78 is 38.1. The predicted molar refractivity (Wildman–Crippen MR) is 87.8 cm³/mol. The first-order valence-corrected chi connectivity index (χ1v) is 7.89. The van der Waals surface area contributed by atoms with E-state index >= 15 is 0 Å². The highest BCUT2D eigenvalue weighted by Gasteiger charge is 2.51. The van der Waals surface area contributed by atoms with Gasteiger partial charge in [0.2, 0.25) is 5.71 Å². The lowest BCUT2D eigenvalue weighted by atomic mass is 10.1. The molecule has 4 rings (SSSR count). The van der Waals surface area contributed by atoms with Gasteiger partial charge in [-0.2, -0.15) is 8.78 Å². The van der Waals surface area contributed by atoms with Crippen molar-refractivity contribution in [3.05, 3.63) is 53.9 Å². The minimum absolute atomic E-state index is 0.123. The number of ether oxygens (including phenoxy) is 1. The van der Waals surface area contributed by atoms with Crippen molar-refractivity contribution in [1.29, 1.82) is 0 Å². The summed E-state index contributed by atoms with van der Waals surface area (Å²) >= 11 is 0. The number of aliphatic hydroxyl groups is 1. The number of pyridine rings is 1. The standard InChI is InChI=1S/C18H14F2N2O4/c1-10(23)13-3-2-4-14-15(13)26-18(19,20)17(24)22(14)9-11-7-12-5-6-25-16(12)21-8-11/h2-8,10,23H,9H2,1H3. The van der Waals surface area contributed by atoms with Crippen molar-refractivity contribution < 1.29 is 27.8 Å². The highest BCUT2D eigenvalue weighted by molar-refractivity contribution is 6.01. The number of benzene rings is 1. The monoisotopic (exact) mass is 360 g/mol.